The van der Waals surface area contributed by atoms with Gasteiger partial charge in [0.1, 0.15) is 5.69 Å². The zero-order valence-corrected chi connectivity index (χ0v) is 22.5. The van der Waals surface area contributed by atoms with E-state index >= 15 is 0 Å². The van der Waals surface area contributed by atoms with Crippen LogP contribution in [0.3, 0.4) is 0 Å². The molecule has 1 aliphatic rings. The number of hydrogen-bond donors (Lipinski definition) is 3. The molecule has 5 rings (SSSR count). The second-order valence-corrected chi connectivity index (χ2v) is 10.3. The van der Waals surface area contributed by atoms with E-state index in [4.69, 9.17) is 4.98 Å². The van der Waals surface area contributed by atoms with E-state index in [0.29, 0.717) is 28.4 Å². The topological polar surface area (TPSA) is 109 Å². The molecule has 0 amide bonds. The number of fused-ring (bicyclic) bond motifs is 1. The summed E-state index contributed by atoms with van der Waals surface area (Å²) < 4.78 is 17.6. The standard InChI is InChI=1S/C28H32N8OS/c1-4-19-15-20(16-21-17-32-28(34-26(19)21)33-22-9-8-14-31-18-22)24-12-13-25(36(24)30-3)27(29-2)35-38(37)23-10-6-5-7-11-23/h5-7,10-13,15-17,22,31H,3-4,8-9,14,18H2,1-2H3,(H,29,35)(H,32,33,34). The lowest BCUT2D eigenvalue weighted by molar-refractivity contribution is 0.478. The highest BCUT2D eigenvalue weighted by Crippen LogP contribution is 2.29. The second-order valence-electron chi connectivity index (χ2n) is 9.12. The van der Waals surface area contributed by atoms with Crippen LogP contribution in [-0.4, -0.2) is 57.6 Å². The van der Waals surface area contributed by atoms with Crippen LogP contribution >= 0.6 is 0 Å². The molecule has 0 spiro atoms. The van der Waals surface area contributed by atoms with Crippen LogP contribution in [-0.2, 0) is 17.4 Å². The van der Waals surface area contributed by atoms with Crippen LogP contribution < -0.4 is 15.4 Å². The van der Waals surface area contributed by atoms with Crippen molar-refractivity contribution in [2.75, 3.05) is 25.5 Å². The Morgan fingerprint density at radius 2 is 2.08 bits per heavy atom. The van der Waals surface area contributed by atoms with Crippen LogP contribution in [0.15, 0.2) is 75.8 Å². The number of nitrogens with zero attached hydrogens (tertiary/aromatic N) is 5. The monoisotopic (exact) mass is 528 g/mol. The minimum absolute atomic E-state index is 0.338. The van der Waals surface area contributed by atoms with Gasteiger partial charge in [-0.25, -0.2) is 18.9 Å². The van der Waals surface area contributed by atoms with Crippen molar-refractivity contribution in [1.82, 2.24) is 24.7 Å². The summed E-state index contributed by atoms with van der Waals surface area (Å²) in [6.45, 7) is 7.90. The Morgan fingerprint density at radius 3 is 2.79 bits per heavy atom. The van der Waals surface area contributed by atoms with Crippen LogP contribution in [0.1, 0.15) is 31.0 Å². The van der Waals surface area contributed by atoms with Gasteiger partial charge in [-0.1, -0.05) is 25.1 Å². The fourth-order valence-corrected chi connectivity index (χ4v) is 5.64. The molecular weight excluding hydrogens is 496 g/mol. The average molecular weight is 529 g/mol. The molecule has 1 aliphatic heterocycles. The summed E-state index contributed by atoms with van der Waals surface area (Å²) in [7, 11) is 0.184. The summed E-state index contributed by atoms with van der Waals surface area (Å²) in [5.41, 5.74) is 4.54. The van der Waals surface area contributed by atoms with Gasteiger partial charge in [0.25, 0.3) is 0 Å². The van der Waals surface area contributed by atoms with Crippen LogP contribution in [0.25, 0.3) is 22.2 Å². The maximum absolute atomic E-state index is 12.9. The lowest BCUT2D eigenvalue weighted by atomic mass is 10.0. The third kappa shape index (κ3) is 5.36. The first-order chi connectivity index (χ1) is 18.6. The largest absolute Gasteiger partial charge is 0.350 e. The van der Waals surface area contributed by atoms with Crippen molar-refractivity contribution < 1.29 is 4.21 Å². The summed E-state index contributed by atoms with van der Waals surface area (Å²) in [5, 5.41) is 12.1. The molecule has 4 aromatic rings. The quantitative estimate of drug-likeness (QED) is 0.237. The molecule has 0 aliphatic carbocycles. The van der Waals surface area contributed by atoms with Gasteiger partial charge in [0, 0.05) is 43.5 Å². The normalized spacial score (nSPS) is 16.8. The maximum atomic E-state index is 12.9. The third-order valence-electron chi connectivity index (χ3n) is 6.68. The molecule has 0 saturated carbocycles. The number of rotatable bonds is 8. The van der Waals surface area contributed by atoms with E-state index in [1.165, 1.54) is 0 Å². The minimum Gasteiger partial charge on any atom is -0.350 e. The number of piperidine rings is 1. The lowest BCUT2D eigenvalue weighted by Gasteiger charge is -2.23. The molecular formula is C28H32N8OS. The third-order valence-corrected chi connectivity index (χ3v) is 7.76. The molecule has 3 heterocycles. The fourth-order valence-electron chi connectivity index (χ4n) is 4.75. The molecule has 9 nitrogen and oxygen atoms in total. The molecule has 2 atom stereocenters. The van der Waals surface area contributed by atoms with Gasteiger partial charge in [-0.3, -0.25) is 9.71 Å². The van der Waals surface area contributed by atoms with E-state index in [-0.39, 0.29) is 0 Å². The summed E-state index contributed by atoms with van der Waals surface area (Å²) in [6, 6.07) is 17.6. The number of aryl methyl sites for hydroxylation is 1. The highest BCUT2D eigenvalue weighted by molar-refractivity contribution is 7.83. The molecule has 10 heteroatoms. The Labute approximate surface area is 225 Å². The van der Waals surface area contributed by atoms with Crippen molar-refractivity contribution in [3.63, 3.8) is 0 Å². The van der Waals surface area contributed by atoms with Gasteiger partial charge in [0.2, 0.25) is 5.95 Å². The van der Waals surface area contributed by atoms with Crippen molar-refractivity contribution in [3.8, 4) is 11.3 Å². The molecule has 38 heavy (non-hydrogen) atoms. The minimum atomic E-state index is -1.47. The zero-order chi connectivity index (χ0) is 26.5. The zero-order valence-electron chi connectivity index (χ0n) is 21.6. The predicted octanol–water partition coefficient (Wildman–Crippen LogP) is 3.98. The Hall–Kier alpha value is -3.89. The van der Waals surface area contributed by atoms with Gasteiger partial charge in [-0.05, 0) is 67.8 Å². The van der Waals surface area contributed by atoms with Crippen molar-refractivity contribution >= 4 is 40.4 Å². The molecule has 2 aromatic carbocycles. The van der Waals surface area contributed by atoms with Crippen LogP contribution in [0.5, 0.6) is 0 Å². The first-order valence-electron chi connectivity index (χ1n) is 12.8. The van der Waals surface area contributed by atoms with Gasteiger partial charge in [-0.15, -0.1) is 0 Å². The molecule has 1 fully saturated rings. The Balaban J connectivity index is 1.46. The highest BCUT2D eigenvalue weighted by Gasteiger charge is 2.19. The van der Waals surface area contributed by atoms with E-state index in [0.717, 1.165) is 60.1 Å². The molecule has 0 bridgehead atoms. The van der Waals surface area contributed by atoms with Gasteiger partial charge in [0.15, 0.2) is 16.8 Å². The Morgan fingerprint density at radius 1 is 1.24 bits per heavy atom. The number of amidine groups is 1. The van der Waals surface area contributed by atoms with E-state index in [1.807, 2.05) is 48.7 Å². The Kier molecular flexibility index (Phi) is 7.90. The second kappa shape index (κ2) is 11.7. The van der Waals surface area contributed by atoms with Gasteiger partial charge < -0.3 is 10.6 Å². The van der Waals surface area contributed by atoms with E-state index in [2.05, 4.69) is 56.2 Å². The summed E-state index contributed by atoms with van der Waals surface area (Å²) in [5.74, 6) is 1.12. The summed E-state index contributed by atoms with van der Waals surface area (Å²) in [6.07, 6.45) is 4.96. The first kappa shape index (κ1) is 25.7. The molecule has 1 saturated heterocycles. The lowest BCUT2D eigenvalue weighted by Crippen LogP contribution is -2.38. The van der Waals surface area contributed by atoms with Crippen molar-refractivity contribution in [2.24, 2.45) is 10.1 Å². The van der Waals surface area contributed by atoms with Crippen LogP contribution in [0, 0.1) is 0 Å². The molecule has 0 radical (unpaired) electrons. The molecule has 3 N–H and O–H groups in total. The van der Waals surface area contributed by atoms with E-state index in [1.54, 1.807) is 11.7 Å². The van der Waals surface area contributed by atoms with Crippen LogP contribution in [0.2, 0.25) is 0 Å². The molecule has 196 valence electrons. The first-order valence-corrected chi connectivity index (χ1v) is 13.9. The Bertz CT molecular complexity index is 1490. The number of hydrogen-bond acceptors (Lipinski definition) is 7. The van der Waals surface area contributed by atoms with Crippen molar-refractivity contribution in [3.05, 3.63) is 72.1 Å². The van der Waals surface area contributed by atoms with E-state index in [9.17, 15) is 4.21 Å². The fraction of sp³-hybridized carbons (Fsp3) is 0.286. The average Bonchev–Trinajstić information content (AvgIpc) is 3.40. The number of anilines is 1. The maximum Gasteiger partial charge on any atom is 0.223 e. The van der Waals surface area contributed by atoms with Crippen molar-refractivity contribution in [1.29, 1.82) is 0 Å². The number of nitrogens with one attached hydrogen (secondary N) is 3. The van der Waals surface area contributed by atoms with Gasteiger partial charge in [-0.2, -0.15) is 5.10 Å². The predicted molar refractivity (Wildman–Crippen MR) is 155 cm³/mol. The van der Waals surface area contributed by atoms with Crippen molar-refractivity contribution in [2.45, 2.75) is 37.1 Å². The highest BCUT2D eigenvalue weighted by atomic mass is 32.2. The number of aliphatic imine (C=N–C) groups is 1. The molecule has 2 aromatic heterocycles. The van der Waals surface area contributed by atoms with Crippen LogP contribution in [0.4, 0.5) is 5.95 Å². The number of aromatic nitrogens is 3. The van der Waals surface area contributed by atoms with Gasteiger partial charge >= 0.3 is 0 Å². The molecule has 2 unspecified atom stereocenters. The summed E-state index contributed by atoms with van der Waals surface area (Å²) in [4.78, 5) is 14.5. The SMILES string of the molecule is C=Nn1c(C(=NC)NS(=O)c2ccccc2)ccc1-c1cc(CC)c2nc(NC3CCCNC3)ncc2c1. The smallest absolute Gasteiger partial charge is 0.223 e. The summed E-state index contributed by atoms with van der Waals surface area (Å²) >= 11 is 0. The van der Waals surface area contributed by atoms with Gasteiger partial charge in [0.05, 0.1) is 16.1 Å². The number of benzene rings is 2. The van der Waals surface area contributed by atoms with E-state index < -0.39 is 11.0 Å².